The molecule has 0 radical (unpaired) electrons. The summed E-state index contributed by atoms with van der Waals surface area (Å²) in [6.45, 7) is 8.91. The van der Waals surface area contributed by atoms with Gasteiger partial charge in [0.25, 0.3) is 0 Å². The number of rotatable bonds is 15. The van der Waals surface area contributed by atoms with Gasteiger partial charge in [0.05, 0.1) is 13.2 Å². The Morgan fingerprint density at radius 1 is 0.962 bits per heavy atom. The molecule has 0 aliphatic carbocycles. The number of hydrogen-bond donors (Lipinski definition) is 0. The van der Waals surface area contributed by atoms with Crippen LogP contribution in [-0.4, -0.2) is 27.5 Å². The first-order chi connectivity index (χ1) is 12.4. The Bertz CT molecular complexity index is 433. The first-order valence-electron chi connectivity index (χ1n) is 10.1. The van der Waals surface area contributed by atoms with Gasteiger partial charge in [0.1, 0.15) is 0 Å². The van der Waals surface area contributed by atoms with Crippen LogP contribution in [0.15, 0.2) is 36.5 Å². The molecule has 0 saturated carbocycles. The molecule has 0 saturated heterocycles. The Hall–Kier alpha value is -1.13. The Kier molecular flexibility index (Phi) is 15.4. The molecule has 0 aromatic heterocycles. The van der Waals surface area contributed by atoms with E-state index in [1.54, 1.807) is 0 Å². The van der Waals surface area contributed by atoms with Gasteiger partial charge in [-0.25, -0.2) is 0 Å². The summed E-state index contributed by atoms with van der Waals surface area (Å²) in [6.07, 6.45) is 22.6. The molecule has 0 heterocycles. The first-order valence-corrected chi connectivity index (χ1v) is 13.5. The van der Waals surface area contributed by atoms with E-state index >= 15 is 0 Å². The van der Waals surface area contributed by atoms with Gasteiger partial charge in [-0.3, -0.25) is 4.79 Å². The van der Waals surface area contributed by atoms with Crippen LogP contribution in [0.3, 0.4) is 0 Å². The number of carbonyl (C=O) groups excluding carboxylic acids is 1. The molecule has 150 valence electrons. The quantitative estimate of drug-likeness (QED) is 0.106. The van der Waals surface area contributed by atoms with E-state index < -0.39 is 8.32 Å². The van der Waals surface area contributed by atoms with Crippen LogP contribution in [0.4, 0.5) is 0 Å². The van der Waals surface area contributed by atoms with Crippen LogP contribution < -0.4 is 0 Å². The normalized spacial score (nSPS) is 13.9. The largest absolute Gasteiger partial charge is 0.469 e. The Balaban J connectivity index is 4.21. The zero-order chi connectivity index (χ0) is 19.7. The minimum absolute atomic E-state index is 0.120. The minimum atomic E-state index is -1.57. The van der Waals surface area contributed by atoms with Crippen molar-refractivity contribution in [2.45, 2.75) is 90.5 Å². The third-order valence-corrected chi connectivity index (χ3v) is 4.83. The van der Waals surface area contributed by atoms with Gasteiger partial charge in [-0.2, -0.15) is 0 Å². The van der Waals surface area contributed by atoms with Gasteiger partial charge in [0.15, 0.2) is 8.32 Å². The molecular weight excluding hydrogens is 340 g/mol. The van der Waals surface area contributed by atoms with Crippen molar-refractivity contribution in [3.63, 3.8) is 0 Å². The summed E-state index contributed by atoms with van der Waals surface area (Å²) in [5, 5.41) is 0. The standard InChI is InChI=1S/C22H40O3Si/c1-6-7-8-9-10-12-15-18-21(25-26(3,4)5)19-16-13-11-14-17-20-22(23)24-2/h10,12-13,15-16,18,21H,6-9,11,14,17,19-20H2,1-5H3/b12-10-,16-13-,18-15+. The van der Waals surface area contributed by atoms with Crippen molar-refractivity contribution in [1.82, 2.24) is 0 Å². The molecule has 3 nitrogen and oxygen atoms in total. The lowest BCUT2D eigenvalue weighted by Gasteiger charge is -2.23. The lowest BCUT2D eigenvalue weighted by atomic mass is 10.1. The van der Waals surface area contributed by atoms with Crippen molar-refractivity contribution in [2.75, 3.05) is 7.11 Å². The van der Waals surface area contributed by atoms with Crippen LogP contribution >= 0.6 is 0 Å². The smallest absolute Gasteiger partial charge is 0.305 e. The van der Waals surface area contributed by atoms with Gasteiger partial charge in [-0.05, 0) is 58.2 Å². The molecule has 0 aliphatic heterocycles. The van der Waals surface area contributed by atoms with Crippen LogP contribution in [0, 0.1) is 0 Å². The van der Waals surface area contributed by atoms with E-state index in [2.05, 4.69) is 67.8 Å². The fraction of sp³-hybridized carbons (Fsp3) is 0.682. The van der Waals surface area contributed by atoms with Crippen molar-refractivity contribution in [3.05, 3.63) is 36.5 Å². The Labute approximate surface area is 162 Å². The molecule has 4 heteroatoms. The van der Waals surface area contributed by atoms with E-state index in [-0.39, 0.29) is 12.1 Å². The highest BCUT2D eigenvalue weighted by molar-refractivity contribution is 6.69. The molecule has 0 aromatic rings. The second kappa shape index (κ2) is 16.1. The van der Waals surface area contributed by atoms with Crippen molar-refractivity contribution in [2.24, 2.45) is 0 Å². The number of hydrogen-bond acceptors (Lipinski definition) is 3. The average Bonchev–Trinajstić information content (AvgIpc) is 2.58. The van der Waals surface area contributed by atoms with E-state index in [9.17, 15) is 4.79 Å². The summed E-state index contributed by atoms with van der Waals surface area (Å²) < 4.78 is 10.9. The summed E-state index contributed by atoms with van der Waals surface area (Å²) >= 11 is 0. The van der Waals surface area contributed by atoms with Gasteiger partial charge in [-0.15, -0.1) is 0 Å². The van der Waals surface area contributed by atoms with Crippen molar-refractivity contribution >= 4 is 14.3 Å². The average molecular weight is 381 g/mol. The summed E-state index contributed by atoms with van der Waals surface area (Å²) in [5.74, 6) is -0.120. The van der Waals surface area contributed by atoms with E-state index in [1.165, 1.54) is 26.4 Å². The number of esters is 1. The highest BCUT2D eigenvalue weighted by Gasteiger charge is 2.18. The SMILES string of the molecule is CCCCC/C=C\C=C\C(C/C=C\CCCCC(=O)OC)O[Si](C)(C)C. The van der Waals surface area contributed by atoms with Gasteiger partial charge < -0.3 is 9.16 Å². The summed E-state index contributed by atoms with van der Waals surface area (Å²) in [7, 11) is -0.126. The zero-order valence-corrected chi connectivity index (χ0v) is 18.6. The summed E-state index contributed by atoms with van der Waals surface area (Å²) in [6, 6.07) is 0. The third kappa shape index (κ3) is 17.7. The fourth-order valence-electron chi connectivity index (χ4n) is 2.48. The number of ether oxygens (including phenoxy) is 1. The second-order valence-corrected chi connectivity index (χ2v) is 12.1. The first kappa shape index (κ1) is 24.9. The van der Waals surface area contributed by atoms with E-state index in [4.69, 9.17) is 4.43 Å². The van der Waals surface area contributed by atoms with Gasteiger partial charge in [0, 0.05) is 6.42 Å². The topological polar surface area (TPSA) is 35.5 Å². The summed E-state index contributed by atoms with van der Waals surface area (Å²) in [4.78, 5) is 11.1. The van der Waals surface area contributed by atoms with Crippen LogP contribution in [0.2, 0.25) is 19.6 Å². The van der Waals surface area contributed by atoms with E-state index in [0.717, 1.165) is 32.1 Å². The number of allylic oxidation sites excluding steroid dienone is 4. The molecule has 26 heavy (non-hydrogen) atoms. The number of unbranched alkanes of at least 4 members (excludes halogenated alkanes) is 5. The fourth-order valence-corrected chi connectivity index (χ4v) is 3.56. The lowest BCUT2D eigenvalue weighted by Crippen LogP contribution is -2.30. The molecule has 0 aliphatic rings. The van der Waals surface area contributed by atoms with Gasteiger partial charge in [-0.1, -0.05) is 56.2 Å². The molecule has 0 N–H and O–H groups in total. The summed E-state index contributed by atoms with van der Waals surface area (Å²) in [5.41, 5.74) is 0. The van der Waals surface area contributed by atoms with E-state index in [1.807, 2.05) is 0 Å². The molecule has 0 fully saturated rings. The maximum absolute atomic E-state index is 11.1. The monoisotopic (exact) mass is 380 g/mol. The zero-order valence-electron chi connectivity index (χ0n) is 17.6. The molecule has 1 atom stereocenters. The highest BCUT2D eigenvalue weighted by atomic mass is 28.4. The Morgan fingerprint density at radius 2 is 1.65 bits per heavy atom. The third-order valence-electron chi connectivity index (χ3n) is 3.82. The minimum Gasteiger partial charge on any atom is -0.469 e. The van der Waals surface area contributed by atoms with Crippen LogP contribution in [-0.2, 0) is 14.0 Å². The molecule has 0 amide bonds. The predicted octanol–water partition coefficient (Wildman–Crippen LogP) is 6.58. The Morgan fingerprint density at radius 3 is 2.31 bits per heavy atom. The van der Waals surface area contributed by atoms with Crippen molar-refractivity contribution in [3.8, 4) is 0 Å². The van der Waals surface area contributed by atoms with Gasteiger partial charge >= 0.3 is 5.97 Å². The van der Waals surface area contributed by atoms with Crippen molar-refractivity contribution in [1.29, 1.82) is 0 Å². The molecule has 0 rings (SSSR count). The molecule has 0 aromatic carbocycles. The van der Waals surface area contributed by atoms with E-state index in [0.29, 0.717) is 6.42 Å². The molecular formula is C22H40O3Si. The number of carbonyl (C=O) groups is 1. The van der Waals surface area contributed by atoms with Gasteiger partial charge in [0.2, 0.25) is 0 Å². The van der Waals surface area contributed by atoms with Crippen LogP contribution in [0.5, 0.6) is 0 Å². The number of methoxy groups -OCH3 is 1. The van der Waals surface area contributed by atoms with Crippen LogP contribution in [0.25, 0.3) is 0 Å². The molecule has 1 unspecified atom stereocenters. The highest BCUT2D eigenvalue weighted by Crippen LogP contribution is 2.13. The molecule has 0 bridgehead atoms. The predicted molar refractivity (Wildman–Crippen MR) is 115 cm³/mol. The maximum atomic E-state index is 11.1. The van der Waals surface area contributed by atoms with Crippen LogP contribution in [0.1, 0.15) is 64.7 Å². The lowest BCUT2D eigenvalue weighted by molar-refractivity contribution is -0.140. The molecule has 0 spiro atoms. The maximum Gasteiger partial charge on any atom is 0.305 e. The second-order valence-electron chi connectivity index (χ2n) is 7.61. The van der Waals surface area contributed by atoms with Crippen molar-refractivity contribution < 1.29 is 14.0 Å².